The van der Waals surface area contributed by atoms with Crippen LogP contribution in [0, 0.1) is 17.6 Å². The summed E-state index contributed by atoms with van der Waals surface area (Å²) in [5, 5.41) is 6.11. The highest BCUT2D eigenvalue weighted by Gasteiger charge is 2.29. The summed E-state index contributed by atoms with van der Waals surface area (Å²) in [6.45, 7) is 2.84. The Bertz CT molecular complexity index is 1370. The fraction of sp³-hybridized carbons (Fsp3) is 0.500. The van der Waals surface area contributed by atoms with Gasteiger partial charge in [-0.1, -0.05) is 11.6 Å². The Morgan fingerprint density at radius 3 is 2.51 bits per heavy atom. The van der Waals surface area contributed by atoms with E-state index in [4.69, 9.17) is 22.3 Å². The normalized spacial score (nSPS) is 21.6. The molecule has 0 unspecified atom stereocenters. The highest BCUT2D eigenvalue weighted by Crippen LogP contribution is 2.38. The molecule has 2 aromatic heterocycles. The van der Waals surface area contributed by atoms with Crippen molar-refractivity contribution in [3.63, 3.8) is 0 Å². The minimum Gasteiger partial charge on any atom is -0.370 e. The number of nitrogens with zero attached hydrogens (tertiary/aromatic N) is 5. The average molecular weight is 561 g/mol. The number of nitrogens with one attached hydrogen (secondary N) is 2. The number of imidazole rings is 1. The fourth-order valence-corrected chi connectivity index (χ4v) is 5.81. The second-order valence-electron chi connectivity index (χ2n) is 10.4. The lowest BCUT2D eigenvalue weighted by molar-refractivity contribution is -0.129. The molecule has 0 radical (unpaired) electrons. The van der Waals surface area contributed by atoms with E-state index in [2.05, 4.69) is 20.6 Å². The van der Waals surface area contributed by atoms with Crippen LogP contribution in [0.15, 0.2) is 18.3 Å². The molecule has 2 aliphatic rings. The number of likely N-dealkylation sites (tertiary alicyclic amines) is 1. The molecule has 1 aromatic carbocycles. The summed E-state index contributed by atoms with van der Waals surface area (Å²) in [5.41, 5.74) is 6.02. The molecule has 0 spiro atoms. The van der Waals surface area contributed by atoms with Gasteiger partial charge in [0.05, 0.1) is 6.20 Å². The summed E-state index contributed by atoms with van der Waals surface area (Å²) in [5.74, 6) is -1.17. The van der Waals surface area contributed by atoms with Crippen molar-refractivity contribution in [2.24, 2.45) is 11.7 Å². The monoisotopic (exact) mass is 560 g/mol. The Balaban J connectivity index is 1.48. The Labute approximate surface area is 229 Å². The number of hydrogen-bond donors (Lipinski definition) is 3. The third kappa shape index (κ3) is 6.05. The van der Waals surface area contributed by atoms with Crippen molar-refractivity contribution in [3.05, 3.63) is 35.0 Å². The Morgan fingerprint density at radius 1 is 1.13 bits per heavy atom. The van der Waals surface area contributed by atoms with Crippen LogP contribution in [0.3, 0.4) is 0 Å². The standard InChI is InChI=1S/C26H31ClF2N8O2/c1-14(38)36-8-2-3-17(13-36)32-25-31-12-21-24(35-25)37(18-6-4-15(5-7-18)9-22(30)39)26(33-21)34-23-19(28)10-16(27)11-20(23)29/h10-12,15,17-18H,2-9,13H2,1H3,(H2,30,39)(H,33,34)(H,31,32,35)/t15?,17-,18?/m1/s1. The number of aromatic nitrogens is 4. The van der Waals surface area contributed by atoms with E-state index in [1.54, 1.807) is 18.0 Å². The van der Waals surface area contributed by atoms with Gasteiger partial charge in [-0.25, -0.2) is 18.7 Å². The number of carbonyl (C=O) groups excluding carboxylic acids is 2. The number of amides is 2. The molecule has 3 heterocycles. The van der Waals surface area contributed by atoms with Gasteiger partial charge in [-0.15, -0.1) is 0 Å². The number of rotatable bonds is 7. The topological polar surface area (TPSA) is 131 Å². The van der Waals surface area contributed by atoms with Crippen molar-refractivity contribution < 1.29 is 18.4 Å². The quantitative estimate of drug-likeness (QED) is 0.387. The minimum absolute atomic E-state index is 0.00411. The molecular formula is C26H31ClF2N8O2. The van der Waals surface area contributed by atoms with Gasteiger partial charge in [-0.3, -0.25) is 14.2 Å². The highest BCUT2D eigenvalue weighted by molar-refractivity contribution is 6.30. The highest BCUT2D eigenvalue weighted by atomic mass is 35.5. The maximum absolute atomic E-state index is 14.7. The second-order valence-corrected chi connectivity index (χ2v) is 10.8. The van der Waals surface area contributed by atoms with Gasteiger partial charge in [0.15, 0.2) is 17.3 Å². The molecule has 39 heavy (non-hydrogen) atoms. The summed E-state index contributed by atoms with van der Waals surface area (Å²) in [6, 6.07) is 1.98. The first-order valence-electron chi connectivity index (χ1n) is 13.1. The molecular weight excluding hydrogens is 530 g/mol. The van der Waals surface area contributed by atoms with Crippen LogP contribution in [0.2, 0.25) is 5.02 Å². The second kappa shape index (κ2) is 11.3. The van der Waals surface area contributed by atoms with Crippen molar-refractivity contribution in [1.29, 1.82) is 0 Å². The Morgan fingerprint density at radius 2 is 1.85 bits per heavy atom. The first-order valence-corrected chi connectivity index (χ1v) is 13.5. The molecule has 1 saturated heterocycles. The third-order valence-corrected chi connectivity index (χ3v) is 7.77. The van der Waals surface area contributed by atoms with Crippen LogP contribution in [0.4, 0.5) is 26.4 Å². The fourth-order valence-electron chi connectivity index (χ4n) is 5.62. The first-order chi connectivity index (χ1) is 18.7. The van der Waals surface area contributed by atoms with E-state index < -0.39 is 11.6 Å². The molecule has 5 rings (SSSR count). The first kappa shape index (κ1) is 27.0. The number of primary amides is 1. The average Bonchev–Trinajstić information content (AvgIpc) is 3.24. The van der Waals surface area contributed by atoms with Gasteiger partial charge in [-0.2, -0.15) is 4.98 Å². The molecule has 0 bridgehead atoms. The third-order valence-electron chi connectivity index (χ3n) is 7.55. The van der Waals surface area contributed by atoms with Gasteiger partial charge in [0.2, 0.25) is 23.7 Å². The van der Waals surface area contributed by atoms with Crippen molar-refractivity contribution in [2.45, 2.75) is 64.0 Å². The molecule has 3 aromatic rings. The lowest BCUT2D eigenvalue weighted by Crippen LogP contribution is -2.44. The van der Waals surface area contributed by atoms with Crippen LogP contribution >= 0.6 is 11.6 Å². The van der Waals surface area contributed by atoms with Crippen molar-refractivity contribution in [1.82, 2.24) is 24.4 Å². The lowest BCUT2D eigenvalue weighted by Gasteiger charge is -2.32. The molecule has 1 atom stereocenters. The summed E-state index contributed by atoms with van der Waals surface area (Å²) < 4.78 is 31.2. The van der Waals surface area contributed by atoms with Gasteiger partial charge in [0, 0.05) is 43.5 Å². The number of benzene rings is 1. The van der Waals surface area contributed by atoms with E-state index in [1.165, 1.54) is 0 Å². The van der Waals surface area contributed by atoms with E-state index >= 15 is 0 Å². The zero-order chi connectivity index (χ0) is 27.7. The molecule has 208 valence electrons. The smallest absolute Gasteiger partial charge is 0.225 e. The van der Waals surface area contributed by atoms with Crippen molar-refractivity contribution in [2.75, 3.05) is 23.7 Å². The number of nitrogens with two attached hydrogens (primary N) is 1. The van der Waals surface area contributed by atoms with E-state index in [9.17, 15) is 18.4 Å². The van der Waals surface area contributed by atoms with Gasteiger partial charge < -0.3 is 21.3 Å². The van der Waals surface area contributed by atoms with Crippen LogP contribution in [-0.2, 0) is 9.59 Å². The lowest BCUT2D eigenvalue weighted by atomic mass is 9.84. The molecule has 2 fully saturated rings. The van der Waals surface area contributed by atoms with E-state index in [0.29, 0.717) is 42.9 Å². The van der Waals surface area contributed by atoms with Crippen LogP contribution in [0.25, 0.3) is 11.2 Å². The molecule has 10 nitrogen and oxygen atoms in total. The largest absolute Gasteiger partial charge is 0.370 e. The summed E-state index contributed by atoms with van der Waals surface area (Å²) in [4.78, 5) is 38.8. The van der Waals surface area contributed by atoms with Gasteiger partial charge in [0.25, 0.3) is 0 Å². The zero-order valence-corrected chi connectivity index (χ0v) is 22.3. The number of carbonyl (C=O) groups is 2. The molecule has 4 N–H and O–H groups in total. The molecule has 1 aliphatic heterocycles. The zero-order valence-electron chi connectivity index (χ0n) is 21.6. The summed E-state index contributed by atoms with van der Waals surface area (Å²) >= 11 is 5.81. The SMILES string of the molecule is CC(=O)N1CCC[C@@H](Nc2ncc3nc(Nc4c(F)cc(Cl)cc4F)n(C4CCC(CC(N)=O)CC4)c3n2)C1. The van der Waals surface area contributed by atoms with E-state index in [0.717, 1.165) is 44.4 Å². The number of fused-ring (bicyclic) bond motifs is 1. The minimum atomic E-state index is -0.843. The van der Waals surface area contributed by atoms with Gasteiger partial charge in [0.1, 0.15) is 11.2 Å². The molecule has 1 saturated carbocycles. The van der Waals surface area contributed by atoms with Gasteiger partial charge >= 0.3 is 0 Å². The Hall–Kier alpha value is -3.54. The summed E-state index contributed by atoms with van der Waals surface area (Å²) in [7, 11) is 0. The maximum atomic E-state index is 14.7. The van der Waals surface area contributed by atoms with Crippen LogP contribution in [0.5, 0.6) is 0 Å². The van der Waals surface area contributed by atoms with Crippen molar-refractivity contribution in [3.8, 4) is 0 Å². The predicted molar refractivity (Wildman–Crippen MR) is 144 cm³/mol. The van der Waals surface area contributed by atoms with Crippen LogP contribution in [0.1, 0.15) is 57.9 Å². The van der Waals surface area contributed by atoms with Crippen LogP contribution < -0.4 is 16.4 Å². The molecule has 2 amide bonds. The predicted octanol–water partition coefficient (Wildman–Crippen LogP) is 4.53. The van der Waals surface area contributed by atoms with Gasteiger partial charge in [-0.05, 0) is 56.6 Å². The number of hydrogen-bond acceptors (Lipinski definition) is 7. The number of piperidine rings is 1. The van der Waals surface area contributed by atoms with Crippen molar-refractivity contribution >= 4 is 52.2 Å². The number of anilines is 3. The molecule has 13 heteroatoms. The Kier molecular flexibility index (Phi) is 7.83. The van der Waals surface area contributed by atoms with E-state index in [-0.39, 0.29) is 46.5 Å². The van der Waals surface area contributed by atoms with Crippen LogP contribution in [-0.4, -0.2) is 55.4 Å². The maximum Gasteiger partial charge on any atom is 0.225 e. The summed E-state index contributed by atoms with van der Waals surface area (Å²) in [6.07, 6.45) is 6.63. The van der Waals surface area contributed by atoms with E-state index in [1.807, 2.05) is 4.57 Å². The molecule has 1 aliphatic carbocycles. The number of halogens is 3.